The van der Waals surface area contributed by atoms with Crippen molar-refractivity contribution in [1.29, 1.82) is 0 Å². The summed E-state index contributed by atoms with van der Waals surface area (Å²) in [5, 5.41) is 19.4. The molecule has 39 heteroatoms. The Balaban J connectivity index is 0.000000142. The Bertz CT molecular complexity index is 6610. The molecule has 0 atom stereocenters. The molecule has 140 heavy (non-hydrogen) atoms. The molecule has 0 saturated heterocycles. The predicted octanol–water partition coefficient (Wildman–Crippen LogP) is 25.1. The number of fused-ring (bicyclic) bond motifs is 6. The van der Waals surface area contributed by atoms with E-state index in [1.165, 1.54) is 37.8 Å². The molecule has 0 radical (unpaired) electrons. The van der Waals surface area contributed by atoms with Crippen molar-refractivity contribution in [3.8, 4) is 11.5 Å². The Hall–Kier alpha value is -12.0. The van der Waals surface area contributed by atoms with E-state index in [1.807, 2.05) is 157 Å². The second-order valence-corrected chi connectivity index (χ2v) is 43.2. The summed E-state index contributed by atoms with van der Waals surface area (Å²) in [5.41, 5.74) is 10.9. The van der Waals surface area contributed by atoms with Gasteiger partial charge in [-0.05, 0) is 228 Å². The molecule has 14 aromatic heterocycles. The summed E-state index contributed by atoms with van der Waals surface area (Å²) in [6.07, 6.45) is 20.8. The average Bonchev–Trinajstić information content (AvgIpc) is 1.64. The topological polar surface area (TPSA) is 394 Å². The molecule has 14 aromatic rings. The van der Waals surface area contributed by atoms with Gasteiger partial charge in [0.25, 0.3) is 0 Å². The number of hydrogen-bond acceptors (Lipinski definition) is 21. The molecule has 6 N–H and O–H groups in total. The number of nitrogens with zero attached hydrogens (tertiary/aromatic N) is 20. The number of aromatic nitrogens is 20. The van der Waals surface area contributed by atoms with Crippen LogP contribution in [0, 0.1) is 53.2 Å². The molecule has 0 aromatic carbocycles. The zero-order valence-corrected chi connectivity index (χ0v) is 86.6. The lowest BCUT2D eigenvalue weighted by molar-refractivity contribution is -0.118. The number of hydrogen-bond donors (Lipinski definition) is 6. The van der Waals surface area contributed by atoms with Crippen molar-refractivity contribution >= 4 is 196 Å². The highest BCUT2D eigenvalue weighted by molar-refractivity contribution is 6.31. The predicted molar refractivity (Wildman–Crippen MR) is 552 cm³/mol. The van der Waals surface area contributed by atoms with Gasteiger partial charge < -0.3 is 4.74 Å². The number of nitrogens with one attached hydrogen (secondary N) is 6. The quantitative estimate of drug-likeness (QED) is 0.0324. The molecule has 0 spiro atoms. The lowest BCUT2D eigenvalue weighted by Gasteiger charge is -2.28. The van der Waals surface area contributed by atoms with Crippen molar-refractivity contribution in [3.63, 3.8) is 0 Å². The summed E-state index contributed by atoms with van der Waals surface area (Å²) in [7, 11) is 0. The van der Waals surface area contributed by atoms with Crippen molar-refractivity contribution in [3.05, 3.63) is 152 Å². The van der Waals surface area contributed by atoms with Gasteiger partial charge in [-0.15, -0.1) is 0 Å². The first-order valence-electron chi connectivity index (χ1n) is 47.9. The summed E-state index contributed by atoms with van der Waals surface area (Å²) in [6, 6.07) is 29.4. The number of aryl methyl sites for hydroxylation is 2. The maximum Gasteiger partial charge on any atom is 0.413 e. The van der Waals surface area contributed by atoms with Crippen LogP contribution < -0.4 is 31.9 Å². The standard InChI is InChI=1S/C19H23N5O.C17H17ClFN5O.2C17H23ClN4O.C16H21ClN4O.C15H19ClN4O2/c1-12-6-8-14(11-20-12)24-17-15(9-7-13(2)21-17)22-18(24)23-16(25)10-19(3,4)5;1-17(2,3)8-14(25)23-16-21-11-5-6-12(18)22-15(11)24(16)13-7-4-10(19)9-20-13;1-17(2,3)10-9-14(23)21-16-19-12-7-8-13(18)20-15(12)22(16)11-5-4-6-11;1-3-11(4-2)10-15(23)21-17-19-13-8-9-14(18)20-16(13)22(17)12-6-5-7-12;1-16(2,3)9-13(22)20-15-18-11-7-8-12(17)19-14(11)21(15)10-5-4-6-10;1-9(2)8-22-15(21)19-14-17-11-6-7-12(16)18-13(11)20(14)10-4-3-5-10/h6-9,11H,10H2,1-5H3,(H,22,23,25);4-7,9H,8H2,1-3H3,(H,21,23,25);7-8,11H,4-6,9-10H2,1-3H3,(H,19,21,23);8-9,11-12H,3-7,10H2,1-2H3,(H,19,21,23);7-8,10H,4-6,9H2,1-3H3,(H,18,20,22);6-7,9-10H,3-5,8H2,1-2H3,(H,17,19,21). The number of carbonyl (C=O) groups is 6. The molecule has 4 saturated carbocycles. The van der Waals surface area contributed by atoms with E-state index in [4.69, 9.17) is 62.7 Å². The summed E-state index contributed by atoms with van der Waals surface area (Å²) < 4.78 is 29.8. The minimum atomic E-state index is -0.490. The van der Waals surface area contributed by atoms with E-state index in [0.29, 0.717) is 147 Å². The van der Waals surface area contributed by atoms with Crippen LogP contribution >= 0.6 is 58.0 Å². The van der Waals surface area contributed by atoms with Crippen LogP contribution in [-0.2, 0) is 28.7 Å². The van der Waals surface area contributed by atoms with Gasteiger partial charge in [0.05, 0.1) is 24.7 Å². The second kappa shape index (κ2) is 45.7. The largest absolute Gasteiger partial charge is 0.449 e. The third-order valence-electron chi connectivity index (χ3n) is 23.8. The van der Waals surface area contributed by atoms with Crippen LogP contribution in [0.1, 0.15) is 275 Å². The van der Waals surface area contributed by atoms with E-state index in [-0.39, 0.29) is 68.2 Å². The number of pyridine rings is 8. The Morgan fingerprint density at radius 1 is 0.379 bits per heavy atom. The molecule has 0 aliphatic heterocycles. The molecule has 0 bridgehead atoms. The fraction of sp³-hybridized carbons (Fsp3) is 0.485. The first-order chi connectivity index (χ1) is 66.3. The van der Waals surface area contributed by atoms with E-state index < -0.39 is 11.9 Å². The minimum Gasteiger partial charge on any atom is -0.449 e. The third-order valence-corrected chi connectivity index (χ3v) is 24.9. The Morgan fingerprint density at radius 2 is 0.714 bits per heavy atom. The normalized spacial score (nSPS) is 14.1. The van der Waals surface area contributed by atoms with Crippen molar-refractivity contribution in [2.75, 3.05) is 38.5 Å². The summed E-state index contributed by atoms with van der Waals surface area (Å²) in [5.74, 6) is 3.38. The molecule has 4 fully saturated rings. The average molecular weight is 2010 g/mol. The van der Waals surface area contributed by atoms with Crippen LogP contribution in [0.2, 0.25) is 25.8 Å². The number of rotatable bonds is 23. The molecule has 4 aliphatic carbocycles. The first-order valence-corrected chi connectivity index (χ1v) is 49.7. The van der Waals surface area contributed by atoms with E-state index in [1.54, 1.807) is 47.2 Å². The zero-order chi connectivity index (χ0) is 101. The molecule has 18 rings (SSSR count). The van der Waals surface area contributed by atoms with Gasteiger partial charge in [0, 0.05) is 67.7 Å². The van der Waals surface area contributed by atoms with Crippen LogP contribution in [0.4, 0.5) is 44.9 Å². The SMILES string of the molecule is CC(C)(C)CC(=O)Nc1nc2ccc(Cl)nc2n1-c1ccc(F)cn1.CC(C)(C)CC(=O)Nc1nc2ccc(Cl)nc2n1C1CCC1.CC(C)(C)CCC(=O)Nc1nc2ccc(Cl)nc2n1C1CCC1.CC(C)COC(=O)Nc1nc2ccc(Cl)nc2n1C1CCC1.CCC(CC)CC(=O)Nc1nc2ccc(Cl)nc2n1C1CCC1.Cc1ccc(-n2c(NC(=O)CC(C)(C)C)nc3ccc(C)nc32)cn1. The molecule has 0 unspecified atom stereocenters. The lowest BCUT2D eigenvalue weighted by Crippen LogP contribution is -2.24. The van der Waals surface area contributed by atoms with Gasteiger partial charge in [-0.2, -0.15) is 0 Å². The molecule has 744 valence electrons. The lowest BCUT2D eigenvalue weighted by atomic mass is 9.90. The van der Waals surface area contributed by atoms with E-state index in [2.05, 4.69) is 141 Å². The van der Waals surface area contributed by atoms with Crippen LogP contribution in [0.15, 0.2) is 109 Å². The van der Waals surface area contributed by atoms with Gasteiger partial charge in [0.15, 0.2) is 33.9 Å². The van der Waals surface area contributed by atoms with Gasteiger partial charge in [-0.25, -0.2) is 78.5 Å². The van der Waals surface area contributed by atoms with Gasteiger partial charge >= 0.3 is 6.09 Å². The van der Waals surface area contributed by atoms with Crippen LogP contribution in [-0.4, -0.2) is 139 Å². The first kappa shape index (κ1) is 105. The Kier molecular flexibility index (Phi) is 34.4. The van der Waals surface area contributed by atoms with Crippen LogP contribution in [0.3, 0.4) is 0 Å². The summed E-state index contributed by atoms with van der Waals surface area (Å²) in [6.45, 7) is 37.0. The zero-order valence-electron chi connectivity index (χ0n) is 82.8. The molecule has 14 heterocycles. The van der Waals surface area contributed by atoms with Gasteiger partial charge in [0.1, 0.15) is 70.5 Å². The fourth-order valence-corrected chi connectivity index (χ4v) is 16.6. The summed E-state index contributed by atoms with van der Waals surface area (Å²) >= 11 is 30.1. The number of halogens is 6. The molecule has 4 aliphatic rings. The highest BCUT2D eigenvalue weighted by atomic mass is 35.5. The Labute approximate surface area is 839 Å². The third kappa shape index (κ3) is 28.3. The number of amides is 6. The fourth-order valence-electron chi connectivity index (χ4n) is 15.8. The van der Waals surface area contributed by atoms with Crippen molar-refractivity contribution in [2.24, 2.45) is 33.5 Å². The van der Waals surface area contributed by atoms with Crippen molar-refractivity contribution in [2.45, 2.75) is 277 Å². The van der Waals surface area contributed by atoms with Gasteiger partial charge in [-0.3, -0.25) is 83.7 Å². The number of anilines is 6. The van der Waals surface area contributed by atoms with Crippen LogP contribution in [0.5, 0.6) is 0 Å². The number of carbonyl (C=O) groups excluding carboxylic acids is 6. The van der Waals surface area contributed by atoms with Crippen LogP contribution in [0.25, 0.3) is 78.5 Å². The summed E-state index contributed by atoms with van der Waals surface area (Å²) in [4.78, 5) is 135. The number of imidazole rings is 6. The smallest absolute Gasteiger partial charge is 0.413 e. The maximum absolute atomic E-state index is 13.2. The molecular weight excluding hydrogens is 1890 g/mol. The number of ether oxygens (including phenoxy) is 1. The van der Waals surface area contributed by atoms with E-state index in [9.17, 15) is 33.2 Å². The Morgan fingerprint density at radius 3 is 1.06 bits per heavy atom. The highest BCUT2D eigenvalue weighted by Crippen LogP contribution is 2.43. The minimum absolute atomic E-state index is 0.00176. The van der Waals surface area contributed by atoms with E-state index >= 15 is 0 Å². The van der Waals surface area contributed by atoms with Crippen molar-refractivity contribution in [1.82, 2.24) is 97.2 Å². The van der Waals surface area contributed by atoms with Gasteiger partial charge in [0.2, 0.25) is 65.2 Å². The monoisotopic (exact) mass is 2010 g/mol. The van der Waals surface area contributed by atoms with E-state index in [0.717, 1.165) is 138 Å². The van der Waals surface area contributed by atoms with Gasteiger partial charge in [-0.1, -0.05) is 182 Å². The van der Waals surface area contributed by atoms with Crippen molar-refractivity contribution < 1.29 is 37.9 Å². The highest BCUT2D eigenvalue weighted by Gasteiger charge is 2.34. The molecular formula is C101H126Cl5FN26O7. The molecule has 6 amide bonds. The maximum atomic E-state index is 13.2. The second-order valence-electron chi connectivity index (χ2n) is 41.3. The molecule has 33 nitrogen and oxygen atoms in total.